The zero-order valence-corrected chi connectivity index (χ0v) is 13.3. The van der Waals surface area contributed by atoms with E-state index in [9.17, 15) is 9.59 Å². The maximum absolute atomic E-state index is 12.8. The van der Waals surface area contributed by atoms with Gasteiger partial charge in [0.1, 0.15) is 17.0 Å². The molecule has 0 saturated carbocycles. The summed E-state index contributed by atoms with van der Waals surface area (Å²) in [5.41, 5.74) is 5.94. The maximum atomic E-state index is 12.8. The molecule has 121 valence electrons. The fourth-order valence-corrected chi connectivity index (χ4v) is 2.44. The van der Waals surface area contributed by atoms with Gasteiger partial charge >= 0.3 is 0 Å². The molecule has 0 aliphatic rings. The Bertz CT molecular complexity index is 955. The molecule has 3 rings (SSSR count). The van der Waals surface area contributed by atoms with Crippen molar-refractivity contribution >= 4 is 22.4 Å². The SMILES string of the molecule is CC(C)Oc1ccc(C(=O)c2cccc3o[c]c(N)c(=O)c23)cc1. The minimum atomic E-state index is -0.458. The predicted molar refractivity (Wildman–Crippen MR) is 91.4 cm³/mol. The number of nitrogen functional groups attached to an aromatic ring is 1. The summed E-state index contributed by atoms with van der Waals surface area (Å²) in [5.74, 6) is 0.396. The summed E-state index contributed by atoms with van der Waals surface area (Å²) in [6.45, 7) is 3.85. The second kappa shape index (κ2) is 6.20. The van der Waals surface area contributed by atoms with Gasteiger partial charge in [0.05, 0.1) is 11.5 Å². The molecule has 0 aliphatic carbocycles. The van der Waals surface area contributed by atoms with Crippen molar-refractivity contribution in [2.75, 3.05) is 5.73 Å². The van der Waals surface area contributed by atoms with E-state index in [2.05, 4.69) is 6.26 Å². The van der Waals surface area contributed by atoms with Gasteiger partial charge in [0.25, 0.3) is 0 Å². The molecular weight excluding hydrogens is 306 g/mol. The van der Waals surface area contributed by atoms with Crippen LogP contribution in [0.25, 0.3) is 11.0 Å². The van der Waals surface area contributed by atoms with Crippen LogP contribution in [0.3, 0.4) is 0 Å². The molecule has 3 aromatic rings. The van der Waals surface area contributed by atoms with Crippen molar-refractivity contribution in [1.82, 2.24) is 0 Å². The minimum absolute atomic E-state index is 0.0495. The molecule has 5 nitrogen and oxygen atoms in total. The van der Waals surface area contributed by atoms with Crippen molar-refractivity contribution in [2.24, 2.45) is 0 Å². The molecule has 0 bridgehead atoms. The van der Waals surface area contributed by atoms with Crippen LogP contribution in [0.5, 0.6) is 5.75 Å². The largest absolute Gasteiger partial charge is 0.491 e. The van der Waals surface area contributed by atoms with Gasteiger partial charge in [0.15, 0.2) is 12.0 Å². The third-order valence-corrected chi connectivity index (χ3v) is 3.50. The van der Waals surface area contributed by atoms with E-state index < -0.39 is 5.43 Å². The number of ketones is 1. The lowest BCUT2D eigenvalue weighted by atomic mass is 9.99. The molecule has 0 spiro atoms. The van der Waals surface area contributed by atoms with Crippen LogP contribution in [-0.4, -0.2) is 11.9 Å². The number of rotatable bonds is 4. The smallest absolute Gasteiger partial charge is 0.217 e. The summed E-state index contributed by atoms with van der Waals surface area (Å²) in [4.78, 5) is 25.1. The van der Waals surface area contributed by atoms with E-state index >= 15 is 0 Å². The Hall–Kier alpha value is -3.08. The summed E-state index contributed by atoms with van der Waals surface area (Å²) in [5, 5.41) is 0.168. The van der Waals surface area contributed by atoms with Gasteiger partial charge in [-0.05, 0) is 44.2 Å². The molecule has 1 radical (unpaired) electrons. The highest BCUT2D eigenvalue weighted by molar-refractivity contribution is 6.16. The Kier molecular flexibility index (Phi) is 4.08. The lowest BCUT2D eigenvalue weighted by Gasteiger charge is -2.10. The fourth-order valence-electron chi connectivity index (χ4n) is 2.44. The van der Waals surface area contributed by atoms with Crippen LogP contribution >= 0.6 is 0 Å². The van der Waals surface area contributed by atoms with E-state index in [0.29, 0.717) is 11.3 Å². The van der Waals surface area contributed by atoms with Crippen LogP contribution in [0.4, 0.5) is 5.69 Å². The van der Waals surface area contributed by atoms with E-state index in [1.165, 1.54) is 0 Å². The minimum Gasteiger partial charge on any atom is -0.491 e. The Morgan fingerprint density at radius 1 is 1.17 bits per heavy atom. The van der Waals surface area contributed by atoms with E-state index in [4.69, 9.17) is 14.9 Å². The number of nitrogens with two attached hydrogens (primary N) is 1. The lowest BCUT2D eigenvalue weighted by molar-refractivity contribution is 0.104. The normalized spacial score (nSPS) is 11.0. The van der Waals surface area contributed by atoms with Crippen molar-refractivity contribution < 1.29 is 13.9 Å². The molecular formula is C19H16NO4. The van der Waals surface area contributed by atoms with E-state index in [-0.39, 0.29) is 34.1 Å². The molecule has 2 aromatic carbocycles. The first-order chi connectivity index (χ1) is 11.5. The number of hydrogen-bond donors (Lipinski definition) is 1. The highest BCUT2D eigenvalue weighted by Gasteiger charge is 2.17. The van der Waals surface area contributed by atoms with Gasteiger partial charge in [-0.2, -0.15) is 0 Å². The lowest BCUT2D eigenvalue weighted by Crippen LogP contribution is -2.13. The molecule has 0 aliphatic heterocycles. The Morgan fingerprint density at radius 2 is 1.88 bits per heavy atom. The van der Waals surface area contributed by atoms with Crippen LogP contribution in [0.2, 0.25) is 0 Å². The van der Waals surface area contributed by atoms with Crippen LogP contribution in [-0.2, 0) is 0 Å². The van der Waals surface area contributed by atoms with Crippen LogP contribution in [0.1, 0.15) is 29.8 Å². The number of hydrogen-bond acceptors (Lipinski definition) is 5. The molecule has 0 unspecified atom stereocenters. The number of ether oxygens (including phenoxy) is 1. The summed E-state index contributed by atoms with van der Waals surface area (Å²) in [6, 6.07) is 11.6. The van der Waals surface area contributed by atoms with Crippen LogP contribution in [0, 0.1) is 6.26 Å². The van der Waals surface area contributed by atoms with Crippen LogP contribution in [0.15, 0.2) is 51.7 Å². The molecule has 0 fully saturated rings. The number of carbonyl (C=O) groups excluding carboxylic acids is 1. The third-order valence-electron chi connectivity index (χ3n) is 3.50. The second-order valence-corrected chi connectivity index (χ2v) is 5.65. The predicted octanol–water partition coefficient (Wildman–Crippen LogP) is 3.19. The Balaban J connectivity index is 2.06. The number of fused-ring (bicyclic) bond motifs is 1. The van der Waals surface area contributed by atoms with Gasteiger partial charge in [-0.15, -0.1) is 0 Å². The zero-order valence-electron chi connectivity index (χ0n) is 13.3. The van der Waals surface area contributed by atoms with E-state index in [1.807, 2.05) is 13.8 Å². The highest BCUT2D eigenvalue weighted by atomic mass is 16.5. The quantitative estimate of drug-likeness (QED) is 0.746. The van der Waals surface area contributed by atoms with Gasteiger partial charge < -0.3 is 14.9 Å². The van der Waals surface area contributed by atoms with Crippen molar-refractivity contribution in [3.8, 4) is 5.75 Å². The first kappa shape index (κ1) is 15.8. The fraction of sp³-hybridized carbons (Fsp3) is 0.158. The van der Waals surface area contributed by atoms with Crippen molar-refractivity contribution in [1.29, 1.82) is 0 Å². The Labute approximate surface area is 138 Å². The number of anilines is 1. The van der Waals surface area contributed by atoms with Gasteiger partial charge in [-0.3, -0.25) is 9.59 Å². The standard InChI is InChI=1S/C19H16NO4/c1-11(2)24-13-8-6-12(7-9-13)18(21)14-4-3-5-16-17(14)19(22)15(20)10-23-16/h3-9,11H,20H2,1-2H3. The molecule has 5 heteroatoms. The number of carbonyl (C=O) groups is 1. The van der Waals surface area contributed by atoms with Crippen LogP contribution < -0.4 is 15.9 Å². The van der Waals surface area contributed by atoms with Gasteiger partial charge in [0, 0.05) is 11.1 Å². The van der Waals surface area contributed by atoms with Gasteiger partial charge in [-0.25, -0.2) is 0 Å². The van der Waals surface area contributed by atoms with Crippen molar-refractivity contribution in [3.05, 3.63) is 70.1 Å². The average Bonchev–Trinajstić information content (AvgIpc) is 2.57. The third kappa shape index (κ3) is 2.88. The molecule has 1 aromatic heterocycles. The highest BCUT2D eigenvalue weighted by Crippen LogP contribution is 2.21. The summed E-state index contributed by atoms with van der Waals surface area (Å²) in [6.07, 6.45) is 2.39. The maximum Gasteiger partial charge on any atom is 0.217 e. The first-order valence-corrected chi connectivity index (χ1v) is 7.52. The van der Waals surface area contributed by atoms with Crippen molar-refractivity contribution in [3.63, 3.8) is 0 Å². The van der Waals surface area contributed by atoms with Gasteiger partial charge in [-0.1, -0.05) is 12.1 Å². The van der Waals surface area contributed by atoms with E-state index in [1.54, 1.807) is 42.5 Å². The summed E-state index contributed by atoms with van der Waals surface area (Å²) in [7, 11) is 0. The summed E-state index contributed by atoms with van der Waals surface area (Å²) < 4.78 is 10.8. The average molecular weight is 322 g/mol. The first-order valence-electron chi connectivity index (χ1n) is 7.52. The number of benzene rings is 2. The van der Waals surface area contributed by atoms with E-state index in [0.717, 1.165) is 0 Å². The topological polar surface area (TPSA) is 82.5 Å². The molecule has 0 atom stereocenters. The molecule has 0 amide bonds. The van der Waals surface area contributed by atoms with Crippen molar-refractivity contribution in [2.45, 2.75) is 20.0 Å². The van der Waals surface area contributed by atoms with Gasteiger partial charge in [0.2, 0.25) is 5.43 Å². The molecule has 1 heterocycles. The zero-order chi connectivity index (χ0) is 17.3. The summed E-state index contributed by atoms with van der Waals surface area (Å²) >= 11 is 0. The molecule has 24 heavy (non-hydrogen) atoms. The monoisotopic (exact) mass is 322 g/mol. The molecule has 0 saturated heterocycles. The Morgan fingerprint density at radius 3 is 2.54 bits per heavy atom. The second-order valence-electron chi connectivity index (χ2n) is 5.65. The molecule has 2 N–H and O–H groups in total.